The Morgan fingerprint density at radius 2 is 1.85 bits per heavy atom. The first-order valence-electron chi connectivity index (χ1n) is 8.21. The van der Waals surface area contributed by atoms with E-state index in [1.807, 2.05) is 0 Å². The molecule has 0 atom stereocenters. The minimum Gasteiger partial charge on any atom is -0.465 e. The van der Waals surface area contributed by atoms with Gasteiger partial charge in [0, 0.05) is 18.8 Å². The summed E-state index contributed by atoms with van der Waals surface area (Å²) in [6, 6.07) is 10.7. The normalized spacial score (nSPS) is 14.0. The number of carbonyl (C=O) groups is 2. The predicted octanol–water partition coefficient (Wildman–Crippen LogP) is 2.70. The van der Waals surface area contributed by atoms with E-state index < -0.39 is 17.7 Å². The van der Waals surface area contributed by atoms with E-state index in [1.165, 1.54) is 25.3 Å². The van der Waals surface area contributed by atoms with Crippen molar-refractivity contribution in [3.63, 3.8) is 0 Å². The van der Waals surface area contributed by atoms with Crippen molar-refractivity contribution in [2.24, 2.45) is 0 Å². The lowest BCUT2D eigenvalue weighted by molar-refractivity contribution is 0.0602. The number of anilines is 2. The van der Waals surface area contributed by atoms with Crippen molar-refractivity contribution in [1.82, 2.24) is 0 Å². The lowest BCUT2D eigenvalue weighted by Gasteiger charge is -2.29. The van der Waals surface area contributed by atoms with Crippen LogP contribution in [0.3, 0.4) is 0 Å². The van der Waals surface area contributed by atoms with Crippen LogP contribution in [0.15, 0.2) is 42.5 Å². The van der Waals surface area contributed by atoms with Crippen LogP contribution in [0.2, 0.25) is 0 Å². The van der Waals surface area contributed by atoms with E-state index in [-0.39, 0.29) is 16.8 Å². The zero-order valence-corrected chi connectivity index (χ0v) is 14.3. The van der Waals surface area contributed by atoms with Gasteiger partial charge in [0.05, 0.1) is 37.1 Å². The first-order valence-corrected chi connectivity index (χ1v) is 8.21. The second kappa shape index (κ2) is 7.97. The molecule has 1 saturated heterocycles. The van der Waals surface area contributed by atoms with Crippen molar-refractivity contribution >= 4 is 23.3 Å². The average Bonchev–Trinajstić information content (AvgIpc) is 2.68. The second-order valence-corrected chi connectivity index (χ2v) is 5.75. The molecule has 0 spiro atoms. The first kappa shape index (κ1) is 17.9. The largest absolute Gasteiger partial charge is 0.465 e. The number of halogens is 1. The summed E-state index contributed by atoms with van der Waals surface area (Å²) < 4.78 is 24.0. The molecule has 1 N–H and O–H groups in total. The van der Waals surface area contributed by atoms with E-state index in [0.717, 1.165) is 5.69 Å². The molecule has 136 valence electrons. The molecule has 3 rings (SSSR count). The zero-order chi connectivity index (χ0) is 18.5. The Morgan fingerprint density at radius 3 is 2.54 bits per heavy atom. The van der Waals surface area contributed by atoms with Crippen molar-refractivity contribution in [3.05, 3.63) is 59.4 Å². The molecular formula is C19H19FN2O4. The fourth-order valence-electron chi connectivity index (χ4n) is 2.77. The van der Waals surface area contributed by atoms with Crippen molar-refractivity contribution in [1.29, 1.82) is 0 Å². The number of rotatable bonds is 4. The van der Waals surface area contributed by atoms with Crippen LogP contribution in [-0.2, 0) is 9.47 Å². The minimum atomic E-state index is -0.632. The van der Waals surface area contributed by atoms with Crippen molar-refractivity contribution in [3.8, 4) is 0 Å². The van der Waals surface area contributed by atoms with E-state index in [9.17, 15) is 14.0 Å². The molecule has 26 heavy (non-hydrogen) atoms. The number of esters is 1. The lowest BCUT2D eigenvalue weighted by atomic mass is 10.1. The van der Waals surface area contributed by atoms with Crippen LogP contribution in [0, 0.1) is 5.82 Å². The van der Waals surface area contributed by atoms with Gasteiger partial charge in [-0.2, -0.15) is 0 Å². The quantitative estimate of drug-likeness (QED) is 0.851. The fourth-order valence-corrected chi connectivity index (χ4v) is 2.77. The molecule has 1 fully saturated rings. The van der Waals surface area contributed by atoms with E-state index in [1.54, 1.807) is 24.3 Å². The highest BCUT2D eigenvalue weighted by atomic mass is 19.1. The van der Waals surface area contributed by atoms with Crippen molar-refractivity contribution in [2.45, 2.75) is 0 Å². The molecule has 0 saturated carbocycles. The van der Waals surface area contributed by atoms with Gasteiger partial charge in [0.1, 0.15) is 5.82 Å². The molecule has 7 heteroatoms. The summed E-state index contributed by atoms with van der Waals surface area (Å²) >= 11 is 0. The van der Waals surface area contributed by atoms with Gasteiger partial charge in [-0.3, -0.25) is 4.79 Å². The summed E-state index contributed by atoms with van der Waals surface area (Å²) in [7, 11) is 1.27. The van der Waals surface area contributed by atoms with Gasteiger partial charge in [0.25, 0.3) is 5.91 Å². The van der Waals surface area contributed by atoms with Gasteiger partial charge in [-0.1, -0.05) is 12.1 Å². The van der Waals surface area contributed by atoms with Gasteiger partial charge < -0.3 is 19.7 Å². The molecule has 0 radical (unpaired) electrons. The fraction of sp³-hybridized carbons (Fsp3) is 0.263. The van der Waals surface area contributed by atoms with Gasteiger partial charge in [0.2, 0.25) is 0 Å². The molecule has 1 aliphatic heterocycles. The van der Waals surface area contributed by atoms with Crippen molar-refractivity contribution < 1.29 is 23.5 Å². The summed E-state index contributed by atoms with van der Waals surface area (Å²) in [5, 5.41) is 2.59. The average molecular weight is 358 g/mol. The van der Waals surface area contributed by atoms with Crippen LogP contribution in [0.4, 0.5) is 15.8 Å². The number of hydrogen-bond donors (Lipinski definition) is 1. The third-order valence-electron chi connectivity index (χ3n) is 4.15. The van der Waals surface area contributed by atoms with Crippen LogP contribution >= 0.6 is 0 Å². The Bertz CT molecular complexity index is 819. The third kappa shape index (κ3) is 3.83. The van der Waals surface area contributed by atoms with Crippen LogP contribution in [0.5, 0.6) is 0 Å². The Hall–Kier alpha value is -2.93. The highest BCUT2D eigenvalue weighted by Gasteiger charge is 2.19. The third-order valence-corrected chi connectivity index (χ3v) is 4.15. The van der Waals surface area contributed by atoms with Gasteiger partial charge in [-0.15, -0.1) is 0 Å². The highest BCUT2D eigenvalue weighted by molar-refractivity contribution is 6.08. The first-order chi connectivity index (χ1) is 12.6. The van der Waals surface area contributed by atoms with Gasteiger partial charge in [-0.25, -0.2) is 9.18 Å². The molecule has 0 aromatic heterocycles. The van der Waals surface area contributed by atoms with E-state index in [2.05, 4.69) is 10.2 Å². The Kier molecular flexibility index (Phi) is 5.48. The number of nitrogens with zero attached hydrogens (tertiary/aromatic N) is 1. The Labute approximate surface area is 150 Å². The maximum atomic E-state index is 13.8. The Morgan fingerprint density at radius 1 is 1.12 bits per heavy atom. The SMILES string of the molecule is COC(=O)c1cc(N2CCOCC2)ccc1NC(=O)c1ccccc1F. The topological polar surface area (TPSA) is 67.9 Å². The maximum Gasteiger partial charge on any atom is 0.340 e. The molecule has 1 amide bonds. The van der Waals surface area contributed by atoms with Crippen LogP contribution < -0.4 is 10.2 Å². The number of amides is 1. The van der Waals surface area contributed by atoms with Crippen LogP contribution in [0.1, 0.15) is 20.7 Å². The number of methoxy groups -OCH3 is 1. The summed E-state index contributed by atoms with van der Waals surface area (Å²) in [6.45, 7) is 2.64. The standard InChI is InChI=1S/C19H19FN2O4/c1-25-19(24)15-12-13(22-8-10-26-11-9-22)6-7-17(15)21-18(23)14-4-2-3-5-16(14)20/h2-7,12H,8-11H2,1H3,(H,21,23). The molecular weight excluding hydrogens is 339 g/mol. The van der Waals surface area contributed by atoms with Gasteiger partial charge >= 0.3 is 5.97 Å². The highest BCUT2D eigenvalue weighted by Crippen LogP contribution is 2.25. The Balaban J connectivity index is 1.89. The van der Waals surface area contributed by atoms with Crippen molar-refractivity contribution in [2.75, 3.05) is 43.6 Å². The smallest absolute Gasteiger partial charge is 0.340 e. The van der Waals surface area contributed by atoms with Crippen LogP contribution in [-0.4, -0.2) is 45.3 Å². The van der Waals surface area contributed by atoms with E-state index in [0.29, 0.717) is 26.3 Å². The number of ether oxygens (including phenoxy) is 2. The second-order valence-electron chi connectivity index (χ2n) is 5.75. The summed E-state index contributed by atoms with van der Waals surface area (Å²) in [5.74, 6) is -1.84. The lowest BCUT2D eigenvalue weighted by Crippen LogP contribution is -2.36. The molecule has 0 aliphatic carbocycles. The van der Waals surface area contributed by atoms with Gasteiger partial charge in [0.15, 0.2) is 0 Å². The minimum absolute atomic E-state index is 0.0967. The van der Waals surface area contributed by atoms with Gasteiger partial charge in [-0.05, 0) is 30.3 Å². The molecule has 2 aromatic carbocycles. The number of hydrogen-bond acceptors (Lipinski definition) is 5. The number of carbonyl (C=O) groups excluding carboxylic acids is 2. The summed E-state index contributed by atoms with van der Waals surface area (Å²) in [6.07, 6.45) is 0. The monoisotopic (exact) mass is 358 g/mol. The predicted molar refractivity (Wildman–Crippen MR) is 95.2 cm³/mol. The molecule has 6 nitrogen and oxygen atoms in total. The molecule has 2 aromatic rings. The number of nitrogens with one attached hydrogen (secondary N) is 1. The van der Waals surface area contributed by atoms with E-state index in [4.69, 9.17) is 9.47 Å². The maximum absolute atomic E-state index is 13.8. The molecule has 1 aliphatic rings. The number of benzene rings is 2. The summed E-state index contributed by atoms with van der Waals surface area (Å²) in [5.41, 5.74) is 1.21. The molecule has 0 unspecified atom stereocenters. The molecule has 1 heterocycles. The number of morpholine rings is 1. The zero-order valence-electron chi connectivity index (χ0n) is 14.3. The summed E-state index contributed by atoms with van der Waals surface area (Å²) in [4.78, 5) is 26.6. The van der Waals surface area contributed by atoms with Crippen LogP contribution in [0.25, 0.3) is 0 Å². The molecule has 0 bridgehead atoms. The van der Waals surface area contributed by atoms with E-state index >= 15 is 0 Å².